The van der Waals surface area contributed by atoms with Crippen molar-refractivity contribution in [3.05, 3.63) is 11.1 Å². The van der Waals surface area contributed by atoms with Crippen LogP contribution in [0.5, 0.6) is 0 Å². The summed E-state index contributed by atoms with van der Waals surface area (Å²) in [4.78, 5) is 7.99. The third-order valence-corrected chi connectivity index (χ3v) is 5.18. The molecule has 0 atom stereocenters. The molecule has 4 nitrogen and oxygen atoms in total. The van der Waals surface area contributed by atoms with E-state index in [-0.39, 0.29) is 0 Å². The Kier molecular flexibility index (Phi) is 5.14. The summed E-state index contributed by atoms with van der Waals surface area (Å²) >= 11 is 1.75. The Hall–Kier alpha value is -0.460. The summed E-state index contributed by atoms with van der Waals surface area (Å²) in [5.41, 5.74) is 0. The molecule has 1 aliphatic rings. The van der Waals surface area contributed by atoms with E-state index in [1.165, 1.54) is 4.88 Å². The van der Waals surface area contributed by atoms with Gasteiger partial charge in [-0.05, 0) is 12.5 Å². The summed E-state index contributed by atoms with van der Waals surface area (Å²) in [6, 6.07) is 0. The Morgan fingerprint density at radius 1 is 1.50 bits per heavy atom. The van der Waals surface area contributed by atoms with Gasteiger partial charge in [0.15, 0.2) is 5.13 Å². The van der Waals surface area contributed by atoms with Crippen molar-refractivity contribution in [3.63, 3.8) is 0 Å². The quantitative estimate of drug-likeness (QED) is 0.890. The maximum Gasteiger partial charge on any atom is 0.185 e. The lowest BCUT2D eigenvalue weighted by Crippen LogP contribution is -2.37. The van der Waals surface area contributed by atoms with Crippen LogP contribution in [0.3, 0.4) is 0 Å². The zero-order valence-electron chi connectivity index (χ0n) is 11.0. The molecule has 0 spiro atoms. The topological polar surface area (TPSA) is 45.2 Å². The minimum absolute atomic E-state index is 0.615. The van der Waals surface area contributed by atoms with Crippen LogP contribution in [-0.2, 0) is 17.3 Å². The third-order valence-electron chi connectivity index (χ3n) is 2.84. The first kappa shape index (κ1) is 14.0. The molecule has 0 amide bonds. The SMILES string of the molecule is CC(C)CNCc1cnc(N2CCS(=O)CC2)s1. The lowest BCUT2D eigenvalue weighted by Gasteiger charge is -2.25. The number of thiazole rings is 1. The van der Waals surface area contributed by atoms with Gasteiger partial charge in [0, 0.05) is 53.0 Å². The van der Waals surface area contributed by atoms with E-state index in [9.17, 15) is 4.21 Å². The fourth-order valence-corrected chi connectivity index (χ4v) is 3.82. The van der Waals surface area contributed by atoms with Crippen molar-refractivity contribution < 1.29 is 4.21 Å². The van der Waals surface area contributed by atoms with Crippen molar-refractivity contribution in [3.8, 4) is 0 Å². The second-order valence-electron chi connectivity index (χ2n) is 4.97. The highest BCUT2D eigenvalue weighted by atomic mass is 32.2. The Bertz CT molecular complexity index is 396. The minimum Gasteiger partial charge on any atom is -0.346 e. The van der Waals surface area contributed by atoms with Gasteiger partial charge in [0.05, 0.1) is 0 Å². The molecular weight excluding hydrogens is 266 g/mol. The number of hydrogen-bond donors (Lipinski definition) is 1. The van der Waals surface area contributed by atoms with Crippen molar-refractivity contribution >= 4 is 27.3 Å². The normalized spacial score (nSPS) is 17.6. The molecule has 6 heteroatoms. The van der Waals surface area contributed by atoms with Gasteiger partial charge < -0.3 is 10.2 Å². The highest BCUT2D eigenvalue weighted by molar-refractivity contribution is 7.85. The molecule has 0 bridgehead atoms. The van der Waals surface area contributed by atoms with Crippen LogP contribution in [0.1, 0.15) is 18.7 Å². The Labute approximate surface area is 115 Å². The lowest BCUT2D eigenvalue weighted by atomic mass is 10.2. The largest absolute Gasteiger partial charge is 0.346 e. The molecular formula is C12H21N3OS2. The van der Waals surface area contributed by atoms with Gasteiger partial charge in [-0.1, -0.05) is 13.8 Å². The molecule has 0 saturated carbocycles. The van der Waals surface area contributed by atoms with Crippen LogP contribution in [0, 0.1) is 5.92 Å². The van der Waals surface area contributed by atoms with Crippen LogP contribution in [0.4, 0.5) is 5.13 Å². The zero-order valence-corrected chi connectivity index (χ0v) is 12.6. The van der Waals surface area contributed by atoms with E-state index >= 15 is 0 Å². The van der Waals surface area contributed by atoms with Crippen molar-refractivity contribution in [2.75, 3.05) is 36.0 Å². The molecule has 102 valence electrons. The maximum absolute atomic E-state index is 11.3. The van der Waals surface area contributed by atoms with Gasteiger partial charge in [-0.25, -0.2) is 4.98 Å². The van der Waals surface area contributed by atoms with Gasteiger partial charge in [0.2, 0.25) is 0 Å². The van der Waals surface area contributed by atoms with Crippen molar-refractivity contribution in [2.45, 2.75) is 20.4 Å². The number of rotatable bonds is 5. The van der Waals surface area contributed by atoms with E-state index < -0.39 is 10.8 Å². The smallest absolute Gasteiger partial charge is 0.185 e. The zero-order chi connectivity index (χ0) is 13.0. The van der Waals surface area contributed by atoms with E-state index in [1.807, 2.05) is 6.20 Å². The van der Waals surface area contributed by atoms with Crippen LogP contribution in [0.15, 0.2) is 6.20 Å². The molecule has 1 aromatic heterocycles. The highest BCUT2D eigenvalue weighted by Gasteiger charge is 2.17. The van der Waals surface area contributed by atoms with Crippen LogP contribution in [0.25, 0.3) is 0 Å². The fraction of sp³-hybridized carbons (Fsp3) is 0.750. The van der Waals surface area contributed by atoms with E-state index in [4.69, 9.17) is 0 Å². The minimum atomic E-state index is -0.615. The monoisotopic (exact) mass is 287 g/mol. The molecule has 0 aromatic carbocycles. The summed E-state index contributed by atoms with van der Waals surface area (Å²) in [6.07, 6.45) is 1.96. The summed E-state index contributed by atoms with van der Waals surface area (Å²) in [5, 5.41) is 4.50. The standard InChI is InChI=1S/C12H21N3OS2/c1-10(2)7-13-8-11-9-14-12(17-11)15-3-5-18(16)6-4-15/h9-10,13H,3-8H2,1-2H3. The fourth-order valence-electron chi connectivity index (χ4n) is 1.84. The molecule has 0 radical (unpaired) electrons. The van der Waals surface area contributed by atoms with Crippen LogP contribution < -0.4 is 10.2 Å². The first-order valence-corrected chi connectivity index (χ1v) is 8.71. The number of aromatic nitrogens is 1. The van der Waals surface area contributed by atoms with Gasteiger partial charge >= 0.3 is 0 Å². The van der Waals surface area contributed by atoms with Gasteiger partial charge in [0.25, 0.3) is 0 Å². The number of nitrogens with one attached hydrogen (secondary N) is 1. The summed E-state index contributed by atoms with van der Waals surface area (Å²) < 4.78 is 11.3. The van der Waals surface area contributed by atoms with Crippen molar-refractivity contribution in [1.82, 2.24) is 10.3 Å². The lowest BCUT2D eigenvalue weighted by molar-refractivity contribution is 0.554. The predicted molar refractivity (Wildman–Crippen MR) is 78.7 cm³/mol. The van der Waals surface area contributed by atoms with Crippen molar-refractivity contribution in [1.29, 1.82) is 0 Å². The first-order chi connectivity index (χ1) is 8.65. The average molecular weight is 287 g/mol. The van der Waals surface area contributed by atoms with E-state index in [0.717, 1.165) is 42.8 Å². The van der Waals surface area contributed by atoms with E-state index in [1.54, 1.807) is 11.3 Å². The molecule has 1 saturated heterocycles. The molecule has 1 aromatic rings. The van der Waals surface area contributed by atoms with Gasteiger partial charge in [0.1, 0.15) is 0 Å². The average Bonchev–Trinajstić information content (AvgIpc) is 2.78. The first-order valence-electron chi connectivity index (χ1n) is 6.40. The van der Waals surface area contributed by atoms with Gasteiger partial charge in [-0.15, -0.1) is 11.3 Å². The predicted octanol–water partition coefficient (Wildman–Crippen LogP) is 1.46. The highest BCUT2D eigenvalue weighted by Crippen LogP contribution is 2.23. The van der Waals surface area contributed by atoms with Crippen LogP contribution in [-0.4, -0.2) is 40.3 Å². The number of hydrogen-bond acceptors (Lipinski definition) is 5. The van der Waals surface area contributed by atoms with E-state index in [2.05, 4.69) is 29.0 Å². The van der Waals surface area contributed by atoms with Crippen LogP contribution >= 0.6 is 11.3 Å². The maximum atomic E-state index is 11.3. The molecule has 1 N–H and O–H groups in total. The Morgan fingerprint density at radius 2 is 2.22 bits per heavy atom. The molecule has 2 heterocycles. The van der Waals surface area contributed by atoms with Gasteiger partial charge in [-0.3, -0.25) is 4.21 Å². The molecule has 18 heavy (non-hydrogen) atoms. The number of nitrogens with zero attached hydrogens (tertiary/aromatic N) is 2. The molecule has 0 unspecified atom stereocenters. The summed E-state index contributed by atoms with van der Waals surface area (Å²) in [7, 11) is -0.615. The van der Waals surface area contributed by atoms with Gasteiger partial charge in [-0.2, -0.15) is 0 Å². The second-order valence-corrected chi connectivity index (χ2v) is 7.76. The van der Waals surface area contributed by atoms with E-state index in [0.29, 0.717) is 5.92 Å². The molecule has 2 rings (SSSR count). The summed E-state index contributed by atoms with van der Waals surface area (Å²) in [6.45, 7) is 8.10. The molecule has 1 fully saturated rings. The van der Waals surface area contributed by atoms with Crippen molar-refractivity contribution in [2.24, 2.45) is 5.92 Å². The molecule has 1 aliphatic heterocycles. The number of anilines is 1. The Morgan fingerprint density at radius 3 is 2.89 bits per heavy atom. The van der Waals surface area contributed by atoms with Crippen LogP contribution in [0.2, 0.25) is 0 Å². The molecule has 0 aliphatic carbocycles. The summed E-state index contributed by atoms with van der Waals surface area (Å²) in [5.74, 6) is 2.23. The third kappa shape index (κ3) is 4.03. The second kappa shape index (κ2) is 6.63. The Balaban J connectivity index is 1.84.